The molecule has 4 amide bonds. The topological polar surface area (TPSA) is 73.0 Å². The molecular formula is C22H29FN4O3. The third kappa shape index (κ3) is 3.75. The summed E-state index contributed by atoms with van der Waals surface area (Å²) in [5.74, 6) is -0.662. The van der Waals surface area contributed by atoms with Crippen LogP contribution in [-0.4, -0.2) is 65.9 Å². The lowest BCUT2D eigenvalue weighted by Crippen LogP contribution is -2.54. The van der Waals surface area contributed by atoms with Crippen LogP contribution in [0.15, 0.2) is 24.3 Å². The Hall–Kier alpha value is -2.64. The van der Waals surface area contributed by atoms with Crippen molar-refractivity contribution >= 4 is 23.5 Å². The molecule has 2 atom stereocenters. The molecular weight excluding hydrogens is 387 g/mol. The van der Waals surface area contributed by atoms with Crippen LogP contribution in [-0.2, 0) is 9.59 Å². The number of imide groups is 1. The van der Waals surface area contributed by atoms with Gasteiger partial charge in [0.05, 0.1) is 0 Å². The molecule has 0 radical (unpaired) electrons. The first-order valence-electron chi connectivity index (χ1n) is 10.8. The maximum Gasteiger partial charge on any atom is 0.325 e. The van der Waals surface area contributed by atoms with Gasteiger partial charge in [-0.2, -0.15) is 0 Å². The van der Waals surface area contributed by atoms with Gasteiger partial charge in [0, 0.05) is 31.9 Å². The molecule has 3 fully saturated rings. The molecule has 8 heteroatoms. The molecule has 1 aromatic carbocycles. The predicted octanol–water partition coefficient (Wildman–Crippen LogP) is 2.37. The standard InChI is InChI=1S/C22H29FN4O3/c1-16-5-2-3-10-22(16)20(29)27(21(30)24-22)15-19(28)26-12-4-11-25(13-14-26)18-8-6-17(23)7-9-18/h6-9,16H,2-5,10-15H2,1H3,(H,24,30). The average Bonchev–Trinajstić information content (AvgIpc) is 2.91. The van der Waals surface area contributed by atoms with E-state index in [4.69, 9.17) is 0 Å². The van der Waals surface area contributed by atoms with E-state index in [1.165, 1.54) is 12.1 Å². The zero-order valence-electron chi connectivity index (χ0n) is 17.4. The molecule has 30 heavy (non-hydrogen) atoms. The van der Waals surface area contributed by atoms with Gasteiger partial charge in [-0.1, -0.05) is 19.8 Å². The van der Waals surface area contributed by atoms with Gasteiger partial charge in [-0.15, -0.1) is 0 Å². The number of carbonyl (C=O) groups is 3. The Bertz CT molecular complexity index is 830. The van der Waals surface area contributed by atoms with Crippen LogP contribution in [0.25, 0.3) is 0 Å². The molecule has 2 heterocycles. The summed E-state index contributed by atoms with van der Waals surface area (Å²) in [7, 11) is 0. The van der Waals surface area contributed by atoms with Crippen molar-refractivity contribution < 1.29 is 18.8 Å². The van der Waals surface area contributed by atoms with E-state index < -0.39 is 11.6 Å². The third-order valence-electron chi connectivity index (χ3n) is 6.84. The molecule has 162 valence electrons. The fourth-order valence-electron chi connectivity index (χ4n) is 4.95. The van der Waals surface area contributed by atoms with Crippen molar-refractivity contribution in [3.05, 3.63) is 30.1 Å². The lowest BCUT2D eigenvalue weighted by Gasteiger charge is -2.36. The SMILES string of the molecule is CC1CCCCC12NC(=O)N(CC(=O)N1CCCN(c3ccc(F)cc3)CC1)C2=O. The summed E-state index contributed by atoms with van der Waals surface area (Å²) < 4.78 is 13.2. The number of benzene rings is 1. The minimum atomic E-state index is -0.840. The summed E-state index contributed by atoms with van der Waals surface area (Å²) in [5.41, 5.74) is 0.0846. The van der Waals surface area contributed by atoms with Crippen LogP contribution in [0, 0.1) is 11.7 Å². The van der Waals surface area contributed by atoms with Crippen LogP contribution >= 0.6 is 0 Å². The van der Waals surface area contributed by atoms with Crippen LogP contribution in [0.1, 0.15) is 39.0 Å². The van der Waals surface area contributed by atoms with E-state index in [-0.39, 0.29) is 30.1 Å². The summed E-state index contributed by atoms with van der Waals surface area (Å²) >= 11 is 0. The average molecular weight is 416 g/mol. The van der Waals surface area contributed by atoms with Crippen LogP contribution in [0.2, 0.25) is 0 Å². The Morgan fingerprint density at radius 3 is 2.60 bits per heavy atom. The maximum atomic E-state index is 13.2. The minimum absolute atomic E-state index is 0.0743. The lowest BCUT2D eigenvalue weighted by atomic mass is 9.73. The number of halogens is 1. The number of rotatable bonds is 3. The lowest BCUT2D eigenvalue weighted by molar-refractivity contribution is -0.140. The van der Waals surface area contributed by atoms with E-state index in [0.717, 1.165) is 42.8 Å². The van der Waals surface area contributed by atoms with Crippen molar-refractivity contribution in [1.82, 2.24) is 15.1 Å². The summed E-state index contributed by atoms with van der Waals surface area (Å²) in [6.45, 7) is 4.25. The van der Waals surface area contributed by atoms with Gasteiger partial charge in [0.2, 0.25) is 5.91 Å². The van der Waals surface area contributed by atoms with Gasteiger partial charge < -0.3 is 15.1 Å². The molecule has 2 saturated heterocycles. The fraction of sp³-hybridized carbons (Fsp3) is 0.591. The zero-order valence-corrected chi connectivity index (χ0v) is 17.4. The van der Waals surface area contributed by atoms with Gasteiger partial charge in [-0.3, -0.25) is 14.5 Å². The van der Waals surface area contributed by atoms with Gasteiger partial charge in [-0.25, -0.2) is 9.18 Å². The van der Waals surface area contributed by atoms with Crippen molar-refractivity contribution in [3.63, 3.8) is 0 Å². The largest absolute Gasteiger partial charge is 0.370 e. The number of carbonyl (C=O) groups excluding carboxylic acids is 3. The zero-order chi connectivity index (χ0) is 21.3. The smallest absolute Gasteiger partial charge is 0.325 e. The van der Waals surface area contributed by atoms with Crippen molar-refractivity contribution in [2.24, 2.45) is 5.92 Å². The maximum absolute atomic E-state index is 13.2. The Kier molecular flexibility index (Phi) is 5.66. The summed E-state index contributed by atoms with van der Waals surface area (Å²) in [6, 6.07) is 5.89. The monoisotopic (exact) mass is 416 g/mol. The summed E-state index contributed by atoms with van der Waals surface area (Å²) in [5, 5.41) is 2.90. The van der Waals surface area contributed by atoms with E-state index in [2.05, 4.69) is 10.2 Å². The molecule has 3 aliphatic rings. The minimum Gasteiger partial charge on any atom is -0.370 e. The highest BCUT2D eigenvalue weighted by molar-refractivity contribution is 6.09. The van der Waals surface area contributed by atoms with Gasteiger partial charge in [0.25, 0.3) is 5.91 Å². The van der Waals surface area contributed by atoms with E-state index >= 15 is 0 Å². The molecule has 1 aliphatic carbocycles. The van der Waals surface area contributed by atoms with Crippen molar-refractivity contribution in [2.45, 2.75) is 44.6 Å². The Morgan fingerprint density at radius 2 is 1.87 bits per heavy atom. The van der Waals surface area contributed by atoms with Crippen molar-refractivity contribution in [3.8, 4) is 0 Å². The van der Waals surface area contributed by atoms with Gasteiger partial charge in [0.1, 0.15) is 17.9 Å². The summed E-state index contributed by atoms with van der Waals surface area (Å²) in [6.07, 6.45) is 4.27. The molecule has 1 aromatic rings. The van der Waals surface area contributed by atoms with Crippen LogP contribution in [0.3, 0.4) is 0 Å². The molecule has 4 rings (SSSR count). The normalized spacial score (nSPS) is 27.4. The second-order valence-corrected chi connectivity index (χ2v) is 8.64. The fourth-order valence-corrected chi connectivity index (χ4v) is 4.95. The number of urea groups is 1. The Morgan fingerprint density at radius 1 is 1.10 bits per heavy atom. The first-order valence-corrected chi connectivity index (χ1v) is 10.8. The van der Waals surface area contributed by atoms with E-state index in [1.54, 1.807) is 17.0 Å². The van der Waals surface area contributed by atoms with Crippen LogP contribution in [0.5, 0.6) is 0 Å². The first-order chi connectivity index (χ1) is 14.4. The quantitative estimate of drug-likeness (QED) is 0.768. The number of hydrogen-bond acceptors (Lipinski definition) is 4. The number of anilines is 1. The molecule has 0 bridgehead atoms. The van der Waals surface area contributed by atoms with Crippen LogP contribution in [0.4, 0.5) is 14.9 Å². The second kappa shape index (κ2) is 8.24. The van der Waals surface area contributed by atoms with E-state index in [1.807, 2.05) is 6.92 Å². The number of hydrogen-bond donors (Lipinski definition) is 1. The number of nitrogens with one attached hydrogen (secondary N) is 1. The van der Waals surface area contributed by atoms with Crippen LogP contribution < -0.4 is 10.2 Å². The number of nitrogens with zero attached hydrogens (tertiary/aromatic N) is 3. The molecule has 7 nitrogen and oxygen atoms in total. The Balaban J connectivity index is 1.38. The van der Waals surface area contributed by atoms with Crippen molar-refractivity contribution in [1.29, 1.82) is 0 Å². The van der Waals surface area contributed by atoms with Crippen molar-refractivity contribution in [2.75, 3.05) is 37.6 Å². The molecule has 1 spiro atoms. The van der Waals surface area contributed by atoms with Gasteiger partial charge >= 0.3 is 6.03 Å². The van der Waals surface area contributed by atoms with Gasteiger partial charge in [-0.05, 0) is 49.4 Å². The molecule has 2 aliphatic heterocycles. The van der Waals surface area contributed by atoms with E-state index in [9.17, 15) is 18.8 Å². The predicted molar refractivity (Wildman–Crippen MR) is 110 cm³/mol. The molecule has 1 N–H and O–H groups in total. The second-order valence-electron chi connectivity index (χ2n) is 8.64. The first kappa shape index (κ1) is 20.6. The molecule has 0 aromatic heterocycles. The van der Waals surface area contributed by atoms with Gasteiger partial charge in [0.15, 0.2) is 0 Å². The van der Waals surface area contributed by atoms with E-state index in [0.29, 0.717) is 26.1 Å². The Labute approximate surface area is 176 Å². The third-order valence-corrected chi connectivity index (χ3v) is 6.84. The number of amides is 4. The molecule has 2 unspecified atom stereocenters. The summed E-state index contributed by atoms with van der Waals surface area (Å²) in [4.78, 5) is 43.5. The highest BCUT2D eigenvalue weighted by atomic mass is 19.1. The molecule has 1 saturated carbocycles. The highest BCUT2D eigenvalue weighted by Crippen LogP contribution is 2.38. The highest BCUT2D eigenvalue weighted by Gasteiger charge is 2.55.